The summed E-state index contributed by atoms with van der Waals surface area (Å²) in [5.74, 6) is -1.27. The first-order valence-corrected chi connectivity index (χ1v) is 2.74. The number of alkyl halides is 3. The number of primary amides is 1. The van der Waals surface area contributed by atoms with Gasteiger partial charge >= 0.3 is 6.18 Å². The summed E-state index contributed by atoms with van der Waals surface area (Å²) in [4.78, 5) is 10.3. The van der Waals surface area contributed by atoms with Gasteiger partial charge in [-0.25, -0.2) is 0 Å². The third-order valence-electron chi connectivity index (χ3n) is 1.11. The predicted molar refractivity (Wildman–Crippen MR) is 30.0 cm³/mol. The van der Waals surface area contributed by atoms with Gasteiger partial charge in [-0.2, -0.15) is 13.2 Å². The Kier molecular flexibility index (Phi) is 1.79. The molecule has 1 aromatic heterocycles. The molecule has 0 saturated carbocycles. The van der Waals surface area contributed by atoms with Gasteiger partial charge < -0.3 is 10.3 Å². The minimum Gasteiger partial charge on any atom is -0.364 e. The maximum atomic E-state index is 11.9. The number of carbonyl (C=O) groups excluding carboxylic acids is 1. The van der Waals surface area contributed by atoms with E-state index < -0.39 is 23.3 Å². The zero-order valence-corrected chi connectivity index (χ0v) is 5.55. The van der Waals surface area contributed by atoms with Crippen molar-refractivity contribution in [3.63, 3.8) is 0 Å². The molecule has 7 heteroatoms. The second-order valence-corrected chi connectivity index (χ2v) is 1.94. The average Bonchev–Trinajstić information content (AvgIpc) is 2.30. The number of nitrogens with zero attached hydrogens (tertiary/aromatic N) is 1. The molecule has 12 heavy (non-hydrogen) atoms. The molecular formula is C5H3F3N2O2. The number of hydrogen-bond acceptors (Lipinski definition) is 3. The van der Waals surface area contributed by atoms with E-state index in [-0.39, 0.29) is 0 Å². The minimum absolute atomic E-state index is 0.333. The lowest BCUT2D eigenvalue weighted by molar-refractivity contribution is -0.138. The van der Waals surface area contributed by atoms with Crippen LogP contribution in [-0.4, -0.2) is 11.1 Å². The summed E-state index contributed by atoms with van der Waals surface area (Å²) in [6.45, 7) is 0. The van der Waals surface area contributed by atoms with Gasteiger partial charge in [-0.05, 0) is 0 Å². The zero-order chi connectivity index (χ0) is 9.35. The van der Waals surface area contributed by atoms with Gasteiger partial charge in [0.1, 0.15) is 11.8 Å². The highest BCUT2D eigenvalue weighted by molar-refractivity contribution is 5.92. The van der Waals surface area contributed by atoms with Crippen molar-refractivity contribution >= 4 is 5.91 Å². The van der Waals surface area contributed by atoms with Gasteiger partial charge in [-0.1, -0.05) is 5.16 Å². The molecule has 1 rings (SSSR count). The lowest BCUT2D eigenvalue weighted by atomic mass is 10.2. The van der Waals surface area contributed by atoms with Crippen LogP contribution in [0.5, 0.6) is 0 Å². The summed E-state index contributed by atoms with van der Waals surface area (Å²) in [7, 11) is 0. The SMILES string of the molecule is NC(=O)c1nocc1C(F)(F)F. The summed E-state index contributed by atoms with van der Waals surface area (Å²) in [6, 6.07) is 0. The van der Waals surface area contributed by atoms with Crippen LogP contribution in [0.3, 0.4) is 0 Å². The molecule has 0 saturated heterocycles. The first kappa shape index (κ1) is 8.57. The lowest BCUT2D eigenvalue weighted by Gasteiger charge is -2.01. The second-order valence-electron chi connectivity index (χ2n) is 1.94. The molecule has 0 aromatic carbocycles. The van der Waals surface area contributed by atoms with E-state index in [1.165, 1.54) is 0 Å². The van der Waals surface area contributed by atoms with E-state index in [9.17, 15) is 18.0 Å². The van der Waals surface area contributed by atoms with E-state index in [0.717, 1.165) is 0 Å². The van der Waals surface area contributed by atoms with Crippen LogP contribution in [0, 0.1) is 0 Å². The van der Waals surface area contributed by atoms with Crippen molar-refractivity contribution in [3.8, 4) is 0 Å². The molecule has 66 valence electrons. The average molecular weight is 180 g/mol. The van der Waals surface area contributed by atoms with Crippen LogP contribution in [0.25, 0.3) is 0 Å². The Balaban J connectivity index is 3.17. The molecule has 4 nitrogen and oxygen atoms in total. The molecule has 1 amide bonds. The Morgan fingerprint density at radius 3 is 2.50 bits per heavy atom. The van der Waals surface area contributed by atoms with Gasteiger partial charge in [0.25, 0.3) is 5.91 Å². The highest BCUT2D eigenvalue weighted by atomic mass is 19.4. The predicted octanol–water partition coefficient (Wildman–Crippen LogP) is 0.792. The van der Waals surface area contributed by atoms with Crippen LogP contribution < -0.4 is 5.73 Å². The highest BCUT2D eigenvalue weighted by Crippen LogP contribution is 2.31. The van der Waals surface area contributed by atoms with E-state index in [4.69, 9.17) is 0 Å². The molecule has 0 radical (unpaired) electrons. The van der Waals surface area contributed by atoms with Crippen molar-refractivity contribution in [1.29, 1.82) is 0 Å². The Hall–Kier alpha value is -1.53. The number of carbonyl (C=O) groups is 1. The molecule has 0 bridgehead atoms. The van der Waals surface area contributed by atoms with E-state index in [1.54, 1.807) is 0 Å². The highest BCUT2D eigenvalue weighted by Gasteiger charge is 2.37. The fourth-order valence-electron chi connectivity index (χ4n) is 0.616. The van der Waals surface area contributed by atoms with Crippen molar-refractivity contribution in [2.75, 3.05) is 0 Å². The van der Waals surface area contributed by atoms with E-state index in [0.29, 0.717) is 6.26 Å². The molecule has 2 N–H and O–H groups in total. The maximum Gasteiger partial charge on any atom is 0.421 e. The number of hydrogen-bond donors (Lipinski definition) is 1. The summed E-state index contributed by atoms with van der Waals surface area (Å²) in [5, 5.41) is 2.81. The smallest absolute Gasteiger partial charge is 0.364 e. The van der Waals surface area contributed by atoms with Gasteiger partial charge in [-0.3, -0.25) is 4.79 Å². The molecule has 0 aliphatic rings. The number of amides is 1. The normalized spacial score (nSPS) is 11.6. The molecule has 0 unspecified atom stereocenters. The largest absolute Gasteiger partial charge is 0.421 e. The van der Waals surface area contributed by atoms with Crippen molar-refractivity contribution in [3.05, 3.63) is 17.5 Å². The summed E-state index contributed by atoms with van der Waals surface area (Å²) in [5.41, 5.74) is 2.44. The van der Waals surface area contributed by atoms with Gasteiger partial charge in [0.2, 0.25) is 0 Å². The number of aromatic nitrogens is 1. The first-order valence-electron chi connectivity index (χ1n) is 2.74. The van der Waals surface area contributed by atoms with Crippen molar-refractivity contribution < 1.29 is 22.5 Å². The molecule has 0 fully saturated rings. The van der Waals surface area contributed by atoms with Crippen LogP contribution in [0.4, 0.5) is 13.2 Å². The van der Waals surface area contributed by atoms with Gasteiger partial charge in [0, 0.05) is 0 Å². The molecular weight excluding hydrogens is 177 g/mol. The van der Waals surface area contributed by atoms with Crippen LogP contribution in [0.1, 0.15) is 16.1 Å². The molecule has 1 aromatic rings. The number of halogens is 3. The summed E-state index contributed by atoms with van der Waals surface area (Å²) >= 11 is 0. The van der Waals surface area contributed by atoms with Crippen LogP contribution >= 0.6 is 0 Å². The zero-order valence-electron chi connectivity index (χ0n) is 5.55. The van der Waals surface area contributed by atoms with E-state index >= 15 is 0 Å². The Labute approximate surface area is 64.1 Å². The standard InChI is InChI=1S/C5H3F3N2O2/c6-5(7,8)2-1-12-10-3(2)4(9)11/h1H,(H2,9,11). The topological polar surface area (TPSA) is 69.1 Å². The van der Waals surface area contributed by atoms with Crippen LogP contribution in [0.2, 0.25) is 0 Å². The minimum atomic E-state index is -4.66. The van der Waals surface area contributed by atoms with Gasteiger partial charge in [0.15, 0.2) is 5.69 Å². The third-order valence-corrected chi connectivity index (χ3v) is 1.11. The summed E-state index contributed by atoms with van der Waals surface area (Å²) in [6.07, 6.45) is -4.33. The van der Waals surface area contributed by atoms with Crippen LogP contribution in [0.15, 0.2) is 10.8 Å². The van der Waals surface area contributed by atoms with Crippen molar-refractivity contribution in [2.24, 2.45) is 5.73 Å². The monoisotopic (exact) mass is 180 g/mol. The summed E-state index contributed by atoms with van der Waals surface area (Å²) < 4.78 is 39.8. The first-order chi connectivity index (χ1) is 5.43. The van der Waals surface area contributed by atoms with Crippen molar-refractivity contribution in [1.82, 2.24) is 5.16 Å². The molecule has 1 heterocycles. The quantitative estimate of drug-likeness (QED) is 0.694. The molecule has 0 atom stereocenters. The van der Waals surface area contributed by atoms with Gasteiger partial charge in [-0.15, -0.1) is 0 Å². The Morgan fingerprint density at radius 2 is 2.17 bits per heavy atom. The molecule has 0 aliphatic carbocycles. The fraction of sp³-hybridized carbons (Fsp3) is 0.200. The number of rotatable bonds is 1. The lowest BCUT2D eigenvalue weighted by Crippen LogP contribution is -2.17. The van der Waals surface area contributed by atoms with Crippen molar-refractivity contribution in [2.45, 2.75) is 6.18 Å². The second kappa shape index (κ2) is 2.50. The van der Waals surface area contributed by atoms with Gasteiger partial charge in [0.05, 0.1) is 0 Å². The maximum absolute atomic E-state index is 11.9. The van der Waals surface area contributed by atoms with E-state index in [2.05, 4.69) is 15.4 Å². The Morgan fingerprint density at radius 1 is 1.58 bits per heavy atom. The van der Waals surface area contributed by atoms with E-state index in [1.807, 2.05) is 0 Å². The number of nitrogens with two attached hydrogens (primary N) is 1. The Bertz CT molecular complexity index is 304. The fourth-order valence-corrected chi connectivity index (χ4v) is 0.616. The van der Waals surface area contributed by atoms with Crippen LogP contribution in [-0.2, 0) is 6.18 Å². The third kappa shape index (κ3) is 1.39. The molecule has 0 spiro atoms. The molecule has 0 aliphatic heterocycles.